The number of sulfone groups is 1. The van der Waals surface area contributed by atoms with Gasteiger partial charge in [0.1, 0.15) is 3.76 Å². The molecule has 74 valence electrons. The third-order valence-corrected chi connectivity index (χ3v) is 5.79. The topological polar surface area (TPSA) is 37.4 Å². The molecule has 3 nitrogen and oxygen atoms in total. The maximum absolute atomic E-state index is 11.1. The van der Waals surface area contributed by atoms with E-state index >= 15 is 0 Å². The van der Waals surface area contributed by atoms with E-state index in [2.05, 4.69) is 13.8 Å². The van der Waals surface area contributed by atoms with Gasteiger partial charge in [0, 0.05) is 12.6 Å². The van der Waals surface area contributed by atoms with Gasteiger partial charge in [-0.15, -0.1) is 0 Å². The number of alkyl halides is 1. The summed E-state index contributed by atoms with van der Waals surface area (Å²) in [6.07, 6.45) is 0. The molecule has 0 fully saturated rings. The van der Waals surface area contributed by atoms with E-state index in [4.69, 9.17) is 0 Å². The molecule has 0 aromatic carbocycles. The van der Waals surface area contributed by atoms with Gasteiger partial charge < -0.3 is 4.90 Å². The van der Waals surface area contributed by atoms with Crippen LogP contribution in [-0.2, 0) is 9.84 Å². The molecule has 0 heterocycles. The zero-order valence-corrected chi connectivity index (χ0v) is 10.7. The Morgan fingerprint density at radius 1 is 1.42 bits per heavy atom. The smallest absolute Gasteiger partial charge is 0.160 e. The zero-order valence-electron chi connectivity index (χ0n) is 7.75. The van der Waals surface area contributed by atoms with Gasteiger partial charge in [-0.1, -0.05) is 22.6 Å². The van der Waals surface area contributed by atoms with E-state index in [0.717, 1.165) is 0 Å². The number of rotatable bonds is 5. The van der Waals surface area contributed by atoms with Crippen molar-refractivity contribution < 1.29 is 8.42 Å². The monoisotopic (exact) mass is 305 g/mol. The number of hydrogen-bond donors (Lipinski definition) is 0. The van der Waals surface area contributed by atoms with Crippen LogP contribution in [0.3, 0.4) is 0 Å². The summed E-state index contributed by atoms with van der Waals surface area (Å²) in [6, 6.07) is 0.411. The summed E-state index contributed by atoms with van der Waals surface area (Å²) in [5, 5.41) is 0. The average Bonchev–Trinajstić information content (AvgIpc) is 2.00. The Balaban J connectivity index is 3.84. The lowest BCUT2D eigenvalue weighted by Crippen LogP contribution is -2.31. The molecule has 5 heteroatoms. The van der Waals surface area contributed by atoms with Crippen molar-refractivity contribution in [2.75, 3.05) is 23.1 Å². The minimum absolute atomic E-state index is 0.219. The van der Waals surface area contributed by atoms with E-state index in [0.29, 0.717) is 12.6 Å². The van der Waals surface area contributed by atoms with Crippen molar-refractivity contribution in [3.63, 3.8) is 0 Å². The number of nitrogens with zero attached hydrogens (tertiary/aromatic N) is 1. The van der Waals surface area contributed by atoms with Crippen LogP contribution in [0.1, 0.15) is 13.8 Å². The molecular weight excluding hydrogens is 289 g/mol. The maximum Gasteiger partial charge on any atom is 0.160 e. The molecule has 0 aliphatic heterocycles. The van der Waals surface area contributed by atoms with Crippen LogP contribution in [-0.4, -0.2) is 42.5 Å². The molecule has 0 unspecified atom stereocenters. The first-order valence-corrected chi connectivity index (χ1v) is 7.20. The molecular formula is C7H16INO2S. The standard InChI is InChI=1S/C7H16INO2S/c1-7(2)9(3)4-5-12(10,11)6-8/h7H,4-6H2,1-3H3. The predicted molar refractivity (Wildman–Crippen MR) is 60.4 cm³/mol. The zero-order chi connectivity index (χ0) is 9.78. The molecule has 0 spiro atoms. The maximum atomic E-state index is 11.1. The third-order valence-electron chi connectivity index (χ3n) is 1.80. The molecule has 0 radical (unpaired) electrons. The van der Waals surface area contributed by atoms with Crippen LogP contribution < -0.4 is 0 Å². The quantitative estimate of drug-likeness (QED) is 0.564. The van der Waals surface area contributed by atoms with Crippen molar-refractivity contribution in [2.24, 2.45) is 0 Å². The molecule has 0 aliphatic rings. The molecule has 0 saturated carbocycles. The van der Waals surface area contributed by atoms with Crippen LogP contribution in [0.25, 0.3) is 0 Å². The van der Waals surface area contributed by atoms with Crippen molar-refractivity contribution in [3.05, 3.63) is 0 Å². The van der Waals surface area contributed by atoms with Gasteiger partial charge in [-0.2, -0.15) is 0 Å². The van der Waals surface area contributed by atoms with Crippen molar-refractivity contribution in [1.29, 1.82) is 0 Å². The first kappa shape index (κ1) is 12.6. The van der Waals surface area contributed by atoms with E-state index in [1.807, 2.05) is 34.5 Å². The van der Waals surface area contributed by atoms with Crippen molar-refractivity contribution >= 4 is 32.4 Å². The largest absolute Gasteiger partial charge is 0.303 e. The predicted octanol–water partition coefficient (Wildman–Crippen LogP) is 1.13. The fourth-order valence-electron chi connectivity index (χ4n) is 0.596. The highest BCUT2D eigenvalue weighted by molar-refractivity contribution is 14.1. The Morgan fingerprint density at radius 2 is 1.92 bits per heavy atom. The van der Waals surface area contributed by atoms with E-state index in [1.165, 1.54) is 0 Å². The van der Waals surface area contributed by atoms with Gasteiger partial charge in [-0.3, -0.25) is 0 Å². The van der Waals surface area contributed by atoms with Crippen LogP contribution in [0.2, 0.25) is 0 Å². The van der Waals surface area contributed by atoms with E-state index in [-0.39, 0.29) is 9.51 Å². The van der Waals surface area contributed by atoms with Crippen molar-refractivity contribution in [1.82, 2.24) is 4.90 Å². The summed E-state index contributed by atoms with van der Waals surface area (Å²) in [5.41, 5.74) is 0. The average molecular weight is 305 g/mol. The highest BCUT2D eigenvalue weighted by Crippen LogP contribution is 1.99. The molecule has 0 aromatic heterocycles. The Kier molecular flexibility index (Phi) is 5.67. The molecule has 12 heavy (non-hydrogen) atoms. The molecule has 0 aliphatic carbocycles. The number of hydrogen-bond acceptors (Lipinski definition) is 3. The van der Waals surface area contributed by atoms with Gasteiger partial charge in [-0.25, -0.2) is 8.42 Å². The van der Waals surface area contributed by atoms with Gasteiger partial charge >= 0.3 is 0 Å². The van der Waals surface area contributed by atoms with E-state index < -0.39 is 9.84 Å². The SMILES string of the molecule is CC(C)N(C)CCS(=O)(=O)CI. The van der Waals surface area contributed by atoms with E-state index in [1.54, 1.807) is 0 Å². The van der Waals surface area contributed by atoms with Gasteiger partial charge in [0.15, 0.2) is 9.84 Å². The lowest BCUT2D eigenvalue weighted by molar-refractivity contribution is 0.290. The molecule has 0 saturated heterocycles. The highest BCUT2D eigenvalue weighted by atomic mass is 127. The minimum Gasteiger partial charge on any atom is -0.303 e. The van der Waals surface area contributed by atoms with Crippen LogP contribution in [0.4, 0.5) is 0 Å². The van der Waals surface area contributed by atoms with Crippen LogP contribution >= 0.6 is 22.6 Å². The van der Waals surface area contributed by atoms with Crippen LogP contribution in [0.5, 0.6) is 0 Å². The van der Waals surface area contributed by atoms with Crippen molar-refractivity contribution in [2.45, 2.75) is 19.9 Å². The lowest BCUT2D eigenvalue weighted by atomic mass is 10.3. The third kappa shape index (κ3) is 5.31. The molecule has 0 aromatic rings. The summed E-state index contributed by atoms with van der Waals surface area (Å²) in [7, 11) is -0.865. The normalized spacial score (nSPS) is 12.8. The summed E-state index contributed by atoms with van der Waals surface area (Å²) in [6.45, 7) is 4.73. The second-order valence-corrected chi connectivity index (χ2v) is 7.11. The molecule has 0 bridgehead atoms. The number of halogens is 1. The molecule has 0 amide bonds. The second-order valence-electron chi connectivity index (χ2n) is 3.13. The summed E-state index contributed by atoms with van der Waals surface area (Å²) < 4.78 is 22.4. The van der Waals surface area contributed by atoms with Gasteiger partial charge in [-0.05, 0) is 20.9 Å². The Labute approximate surface area is 88.6 Å². The first-order chi connectivity index (χ1) is 5.39. The Morgan fingerprint density at radius 3 is 2.25 bits per heavy atom. The van der Waals surface area contributed by atoms with E-state index in [9.17, 15) is 8.42 Å². The highest BCUT2D eigenvalue weighted by Gasteiger charge is 2.11. The Bertz CT molecular complexity index is 213. The molecule has 0 atom stereocenters. The summed E-state index contributed by atoms with van der Waals surface area (Å²) >= 11 is 1.89. The van der Waals surface area contributed by atoms with Gasteiger partial charge in [0.25, 0.3) is 0 Å². The fourth-order valence-corrected chi connectivity index (χ4v) is 2.21. The lowest BCUT2D eigenvalue weighted by Gasteiger charge is -2.20. The van der Waals surface area contributed by atoms with Gasteiger partial charge in [0.2, 0.25) is 0 Å². The first-order valence-electron chi connectivity index (χ1n) is 3.85. The summed E-state index contributed by atoms with van der Waals surface area (Å²) in [4.78, 5) is 2.03. The van der Waals surface area contributed by atoms with Crippen molar-refractivity contribution in [3.8, 4) is 0 Å². The second kappa shape index (κ2) is 5.39. The van der Waals surface area contributed by atoms with Gasteiger partial charge in [0.05, 0.1) is 5.75 Å². The summed E-state index contributed by atoms with van der Waals surface area (Å²) in [5.74, 6) is 0.268. The minimum atomic E-state index is -2.80. The van der Waals surface area contributed by atoms with Crippen LogP contribution in [0, 0.1) is 0 Å². The Hall–Kier alpha value is 0.640. The fraction of sp³-hybridized carbons (Fsp3) is 1.00. The van der Waals surface area contributed by atoms with Crippen LogP contribution in [0.15, 0.2) is 0 Å². The molecule has 0 N–H and O–H groups in total. The molecule has 0 rings (SSSR count).